The highest BCUT2D eigenvalue weighted by molar-refractivity contribution is 6.04. The summed E-state index contributed by atoms with van der Waals surface area (Å²) in [5, 5.41) is 17.6. The second-order valence-corrected chi connectivity index (χ2v) is 9.74. The summed E-state index contributed by atoms with van der Waals surface area (Å²) < 4.78 is 0. The Labute approximate surface area is 237 Å². The van der Waals surface area contributed by atoms with Crippen molar-refractivity contribution in [3.8, 4) is 11.4 Å². The van der Waals surface area contributed by atoms with E-state index in [-0.39, 0.29) is 12.5 Å². The van der Waals surface area contributed by atoms with Gasteiger partial charge in [0.15, 0.2) is 5.82 Å². The number of hydrogen-bond donors (Lipinski definition) is 3. The maximum Gasteiger partial charge on any atom is 0.257 e. The number of carbonyl (C=O) groups excluding carboxylic acids is 1. The Morgan fingerprint density at radius 1 is 0.829 bits per heavy atom. The number of benzene rings is 3. The van der Waals surface area contributed by atoms with Crippen LogP contribution in [-0.2, 0) is 0 Å². The molecule has 3 aromatic carbocycles. The van der Waals surface area contributed by atoms with Gasteiger partial charge in [0, 0.05) is 50.2 Å². The summed E-state index contributed by atoms with van der Waals surface area (Å²) in [5.41, 5.74) is 2.07. The summed E-state index contributed by atoms with van der Waals surface area (Å²) >= 11 is 0. The maximum atomic E-state index is 12.6. The first-order valence-electron chi connectivity index (χ1n) is 13.6. The largest absolute Gasteiger partial charge is 0.395 e. The fourth-order valence-electron chi connectivity index (χ4n) is 4.86. The molecule has 0 bridgehead atoms. The van der Waals surface area contributed by atoms with Crippen LogP contribution >= 0.6 is 0 Å². The smallest absolute Gasteiger partial charge is 0.257 e. The van der Waals surface area contributed by atoms with Gasteiger partial charge in [-0.25, -0.2) is 4.98 Å². The third-order valence-corrected chi connectivity index (χ3v) is 7.02. The van der Waals surface area contributed by atoms with Gasteiger partial charge in [0.1, 0.15) is 5.82 Å². The number of hydrogen-bond acceptors (Lipinski definition) is 9. The van der Waals surface area contributed by atoms with Crippen LogP contribution in [0.4, 0.5) is 23.4 Å². The highest BCUT2D eigenvalue weighted by atomic mass is 16.3. The highest BCUT2D eigenvalue weighted by Crippen LogP contribution is 2.28. The van der Waals surface area contributed by atoms with Crippen LogP contribution in [0.3, 0.4) is 0 Å². The van der Waals surface area contributed by atoms with Crippen molar-refractivity contribution in [1.82, 2.24) is 24.8 Å². The Morgan fingerprint density at radius 2 is 1.61 bits per heavy atom. The number of pyridine rings is 1. The Bertz CT molecular complexity index is 1630. The number of fused-ring (bicyclic) bond motifs is 1. The van der Waals surface area contributed by atoms with Gasteiger partial charge in [-0.1, -0.05) is 60.7 Å². The van der Waals surface area contributed by atoms with Gasteiger partial charge >= 0.3 is 0 Å². The molecule has 0 atom stereocenters. The molecule has 206 valence electrons. The normalized spacial score (nSPS) is 13.7. The number of para-hydroxylation sites is 1. The van der Waals surface area contributed by atoms with Crippen LogP contribution in [0.2, 0.25) is 0 Å². The number of aliphatic hydroxyl groups excluding tert-OH is 1. The van der Waals surface area contributed by atoms with E-state index in [0.29, 0.717) is 35.6 Å². The fraction of sp³-hybridized carbons (Fsp3) is 0.194. The van der Waals surface area contributed by atoms with Crippen LogP contribution in [0.1, 0.15) is 10.4 Å². The lowest BCUT2D eigenvalue weighted by Gasteiger charge is -2.34. The first-order valence-corrected chi connectivity index (χ1v) is 13.6. The molecule has 1 aliphatic rings. The highest BCUT2D eigenvalue weighted by Gasteiger charge is 2.21. The zero-order valence-corrected chi connectivity index (χ0v) is 22.4. The summed E-state index contributed by atoms with van der Waals surface area (Å²) in [6.07, 6.45) is 1.52. The van der Waals surface area contributed by atoms with E-state index in [4.69, 9.17) is 15.0 Å². The van der Waals surface area contributed by atoms with Crippen molar-refractivity contribution >= 4 is 40.1 Å². The molecule has 3 N–H and O–H groups in total. The van der Waals surface area contributed by atoms with Gasteiger partial charge in [-0.2, -0.15) is 15.0 Å². The number of anilines is 4. The van der Waals surface area contributed by atoms with Crippen molar-refractivity contribution in [2.75, 3.05) is 54.9 Å². The number of nitrogens with one attached hydrogen (secondary N) is 2. The zero-order chi connectivity index (χ0) is 28.0. The molecular weight excluding hydrogens is 516 g/mol. The molecule has 0 spiro atoms. The summed E-state index contributed by atoms with van der Waals surface area (Å²) in [6, 6.07) is 27.0. The zero-order valence-electron chi connectivity index (χ0n) is 22.4. The third kappa shape index (κ3) is 6.13. The number of carbonyl (C=O) groups is 1. The molecule has 1 saturated heterocycles. The van der Waals surface area contributed by atoms with Crippen LogP contribution in [0.25, 0.3) is 22.2 Å². The molecule has 41 heavy (non-hydrogen) atoms. The van der Waals surface area contributed by atoms with E-state index in [2.05, 4.69) is 43.6 Å². The number of piperazine rings is 1. The number of aromatic nitrogens is 4. The van der Waals surface area contributed by atoms with Crippen molar-refractivity contribution < 1.29 is 9.90 Å². The minimum absolute atomic E-state index is 0.144. The monoisotopic (exact) mass is 546 g/mol. The predicted molar refractivity (Wildman–Crippen MR) is 160 cm³/mol. The average molecular weight is 547 g/mol. The lowest BCUT2D eigenvalue weighted by Crippen LogP contribution is -2.47. The van der Waals surface area contributed by atoms with E-state index in [1.165, 1.54) is 6.20 Å². The fourth-order valence-corrected chi connectivity index (χ4v) is 4.86. The van der Waals surface area contributed by atoms with Crippen molar-refractivity contribution in [2.24, 2.45) is 0 Å². The number of rotatable bonds is 8. The third-order valence-electron chi connectivity index (χ3n) is 7.02. The number of amides is 1. The van der Waals surface area contributed by atoms with Crippen molar-refractivity contribution in [1.29, 1.82) is 0 Å². The second kappa shape index (κ2) is 12.1. The molecule has 3 heterocycles. The van der Waals surface area contributed by atoms with Crippen molar-refractivity contribution in [2.45, 2.75) is 0 Å². The summed E-state index contributed by atoms with van der Waals surface area (Å²) in [6.45, 7) is 3.90. The summed E-state index contributed by atoms with van der Waals surface area (Å²) in [4.78, 5) is 35.9. The van der Waals surface area contributed by atoms with Gasteiger partial charge in [0.2, 0.25) is 11.9 Å². The first-order chi connectivity index (χ1) is 20.2. The lowest BCUT2D eigenvalue weighted by molar-refractivity contribution is 0.102. The lowest BCUT2D eigenvalue weighted by atomic mass is 10.0. The molecule has 1 fully saturated rings. The second-order valence-electron chi connectivity index (χ2n) is 9.74. The molecule has 0 aliphatic carbocycles. The van der Waals surface area contributed by atoms with Crippen LogP contribution in [0, 0.1) is 0 Å². The van der Waals surface area contributed by atoms with Crippen LogP contribution in [0.15, 0.2) is 91.1 Å². The van der Waals surface area contributed by atoms with Gasteiger partial charge in [-0.05, 0) is 35.0 Å². The van der Waals surface area contributed by atoms with Gasteiger partial charge in [-0.15, -0.1) is 0 Å². The van der Waals surface area contributed by atoms with Gasteiger partial charge in [0.05, 0.1) is 12.2 Å². The van der Waals surface area contributed by atoms with Crippen LogP contribution in [0.5, 0.6) is 0 Å². The summed E-state index contributed by atoms with van der Waals surface area (Å²) in [7, 11) is 0. The number of β-amino-alcohol motifs (C(OH)–C–C–N with tert-alkyl or cyclic N) is 1. The molecule has 5 aromatic rings. The van der Waals surface area contributed by atoms with Gasteiger partial charge in [-0.3, -0.25) is 9.69 Å². The maximum absolute atomic E-state index is 12.6. The Kier molecular flexibility index (Phi) is 7.74. The Morgan fingerprint density at radius 3 is 2.39 bits per heavy atom. The van der Waals surface area contributed by atoms with Crippen LogP contribution in [-0.4, -0.2) is 75.2 Å². The van der Waals surface area contributed by atoms with E-state index in [0.717, 1.165) is 48.2 Å². The van der Waals surface area contributed by atoms with Crippen LogP contribution < -0.4 is 15.5 Å². The molecular formula is C31H30N8O2. The molecule has 0 saturated carbocycles. The molecule has 1 aliphatic heterocycles. The topological polar surface area (TPSA) is 119 Å². The molecule has 10 heteroatoms. The van der Waals surface area contributed by atoms with E-state index in [1.54, 1.807) is 12.1 Å². The van der Waals surface area contributed by atoms with Crippen molar-refractivity contribution in [3.05, 3.63) is 96.7 Å². The molecule has 6 rings (SSSR count). The van der Waals surface area contributed by atoms with E-state index in [9.17, 15) is 9.90 Å². The molecule has 2 aromatic heterocycles. The standard InChI is InChI=1S/C31H30N8O2/c40-20-19-38-15-17-39(18-16-38)31-36-28(26-12-6-8-22-7-4-5-11-25(22)26)35-30(37-31)34-27-14-13-23(21-32-27)29(41)33-24-9-2-1-3-10-24/h1-14,21,40H,15-20H2,(H,33,41)(H,32,34,35,36,37). The average Bonchev–Trinajstić information content (AvgIpc) is 3.02. The number of aliphatic hydroxyl groups is 1. The Balaban J connectivity index is 1.28. The quantitative estimate of drug-likeness (QED) is 0.263. The van der Waals surface area contributed by atoms with Gasteiger partial charge < -0.3 is 20.6 Å². The SMILES string of the molecule is O=C(Nc1ccccc1)c1ccc(Nc2nc(-c3cccc4ccccc34)nc(N3CCN(CCO)CC3)n2)nc1. The summed E-state index contributed by atoms with van der Waals surface area (Å²) in [5.74, 6) is 1.77. The minimum Gasteiger partial charge on any atom is -0.395 e. The molecule has 0 radical (unpaired) electrons. The van der Waals surface area contributed by atoms with E-state index < -0.39 is 0 Å². The van der Waals surface area contributed by atoms with E-state index in [1.807, 2.05) is 54.6 Å². The predicted octanol–water partition coefficient (Wildman–Crippen LogP) is 4.20. The minimum atomic E-state index is -0.240. The molecule has 10 nitrogen and oxygen atoms in total. The van der Waals surface area contributed by atoms with E-state index >= 15 is 0 Å². The molecule has 1 amide bonds. The number of nitrogens with zero attached hydrogens (tertiary/aromatic N) is 6. The molecule has 0 unspecified atom stereocenters. The Hall–Kier alpha value is -4.93. The van der Waals surface area contributed by atoms with Crippen molar-refractivity contribution in [3.63, 3.8) is 0 Å². The first kappa shape index (κ1) is 26.3. The van der Waals surface area contributed by atoms with Gasteiger partial charge in [0.25, 0.3) is 5.91 Å².